The van der Waals surface area contributed by atoms with E-state index in [0.717, 1.165) is 17.7 Å². The highest BCUT2D eigenvalue weighted by molar-refractivity contribution is 5.44. The average Bonchev–Trinajstić information content (AvgIpc) is 2.71. The standard InChI is InChI=1S/C17H17FO2/c1-17(2)10-12-9-11(7-8-15(12)20-17)16(19)13-5-3-4-6-14(13)18/h3-9,16,19H,10H2,1-2H3. The summed E-state index contributed by atoms with van der Waals surface area (Å²) in [6.07, 6.45) is -0.162. The molecule has 0 saturated carbocycles. The van der Waals surface area contributed by atoms with Crippen molar-refractivity contribution < 1.29 is 14.2 Å². The lowest BCUT2D eigenvalue weighted by Gasteiger charge is -2.16. The summed E-state index contributed by atoms with van der Waals surface area (Å²) in [5, 5.41) is 10.4. The van der Waals surface area contributed by atoms with Crippen LogP contribution in [-0.2, 0) is 6.42 Å². The lowest BCUT2D eigenvalue weighted by Crippen LogP contribution is -2.24. The Bertz CT molecular complexity index is 649. The lowest BCUT2D eigenvalue weighted by atomic mass is 9.96. The number of hydrogen-bond acceptors (Lipinski definition) is 2. The Balaban J connectivity index is 1.95. The second-order valence-corrected chi connectivity index (χ2v) is 5.83. The minimum atomic E-state index is -0.954. The summed E-state index contributed by atoms with van der Waals surface area (Å²) in [6, 6.07) is 11.8. The van der Waals surface area contributed by atoms with Gasteiger partial charge in [-0.1, -0.05) is 24.3 Å². The first-order chi connectivity index (χ1) is 9.46. The Morgan fingerprint density at radius 3 is 2.70 bits per heavy atom. The van der Waals surface area contributed by atoms with Crippen LogP contribution in [0.2, 0.25) is 0 Å². The summed E-state index contributed by atoms with van der Waals surface area (Å²) in [5.74, 6) is 0.455. The lowest BCUT2D eigenvalue weighted by molar-refractivity contribution is 0.138. The first-order valence-corrected chi connectivity index (χ1v) is 6.71. The first kappa shape index (κ1) is 13.1. The molecule has 2 nitrogen and oxygen atoms in total. The van der Waals surface area contributed by atoms with E-state index >= 15 is 0 Å². The maximum atomic E-state index is 13.7. The molecule has 0 aliphatic carbocycles. The van der Waals surface area contributed by atoms with Gasteiger partial charge < -0.3 is 9.84 Å². The molecule has 1 aliphatic heterocycles. The quantitative estimate of drug-likeness (QED) is 0.904. The smallest absolute Gasteiger partial charge is 0.129 e. The number of hydrogen-bond donors (Lipinski definition) is 1. The molecule has 1 heterocycles. The third-order valence-electron chi connectivity index (χ3n) is 3.60. The Morgan fingerprint density at radius 2 is 1.95 bits per heavy atom. The van der Waals surface area contributed by atoms with Crippen molar-refractivity contribution in [2.24, 2.45) is 0 Å². The number of fused-ring (bicyclic) bond motifs is 1. The van der Waals surface area contributed by atoms with E-state index in [-0.39, 0.29) is 5.60 Å². The highest BCUT2D eigenvalue weighted by Gasteiger charge is 2.30. The molecule has 0 fully saturated rings. The fraction of sp³-hybridized carbons (Fsp3) is 0.294. The van der Waals surface area contributed by atoms with Crippen molar-refractivity contribution in [2.45, 2.75) is 32.0 Å². The molecule has 2 aromatic carbocycles. The second kappa shape index (κ2) is 4.60. The Hall–Kier alpha value is -1.87. The summed E-state index contributed by atoms with van der Waals surface area (Å²) in [7, 11) is 0. The molecule has 0 saturated heterocycles. The average molecular weight is 272 g/mol. The van der Waals surface area contributed by atoms with Gasteiger partial charge in [0.05, 0.1) is 0 Å². The highest BCUT2D eigenvalue weighted by Crippen LogP contribution is 2.37. The van der Waals surface area contributed by atoms with E-state index in [0.29, 0.717) is 11.1 Å². The molecular weight excluding hydrogens is 255 g/mol. The number of halogens is 1. The number of ether oxygens (including phenoxy) is 1. The van der Waals surface area contributed by atoms with Crippen molar-refractivity contribution in [3.63, 3.8) is 0 Å². The van der Waals surface area contributed by atoms with Crippen molar-refractivity contribution in [2.75, 3.05) is 0 Å². The van der Waals surface area contributed by atoms with Crippen LogP contribution in [0.25, 0.3) is 0 Å². The van der Waals surface area contributed by atoms with Gasteiger partial charge in [-0.2, -0.15) is 0 Å². The maximum absolute atomic E-state index is 13.7. The molecule has 0 radical (unpaired) electrons. The number of aliphatic hydroxyl groups excluding tert-OH is 1. The minimum Gasteiger partial charge on any atom is -0.487 e. The van der Waals surface area contributed by atoms with Crippen LogP contribution >= 0.6 is 0 Å². The normalized spacial score (nSPS) is 17.4. The molecule has 0 spiro atoms. The SMILES string of the molecule is CC1(C)Cc2cc(C(O)c3ccccc3F)ccc2O1. The van der Waals surface area contributed by atoms with E-state index in [1.54, 1.807) is 24.3 Å². The monoisotopic (exact) mass is 272 g/mol. The van der Waals surface area contributed by atoms with Gasteiger partial charge in [-0.25, -0.2) is 4.39 Å². The van der Waals surface area contributed by atoms with E-state index in [4.69, 9.17) is 4.74 Å². The summed E-state index contributed by atoms with van der Waals surface area (Å²) >= 11 is 0. The van der Waals surface area contributed by atoms with E-state index in [9.17, 15) is 9.50 Å². The zero-order valence-electron chi connectivity index (χ0n) is 11.6. The van der Waals surface area contributed by atoms with Crippen LogP contribution in [0, 0.1) is 5.82 Å². The van der Waals surface area contributed by atoms with Crippen LogP contribution in [0.4, 0.5) is 4.39 Å². The number of aliphatic hydroxyl groups is 1. The molecule has 1 N–H and O–H groups in total. The predicted octanol–water partition coefficient (Wildman–Crippen LogP) is 3.62. The van der Waals surface area contributed by atoms with Crippen LogP contribution in [0.15, 0.2) is 42.5 Å². The van der Waals surface area contributed by atoms with Crippen molar-refractivity contribution in [1.29, 1.82) is 0 Å². The third kappa shape index (κ3) is 2.29. The third-order valence-corrected chi connectivity index (χ3v) is 3.60. The van der Waals surface area contributed by atoms with E-state index in [2.05, 4.69) is 0 Å². The molecule has 20 heavy (non-hydrogen) atoms. The molecule has 1 unspecified atom stereocenters. The van der Waals surface area contributed by atoms with Gasteiger partial charge >= 0.3 is 0 Å². The van der Waals surface area contributed by atoms with Crippen molar-refractivity contribution in [3.8, 4) is 5.75 Å². The van der Waals surface area contributed by atoms with E-state index in [1.807, 2.05) is 26.0 Å². The Kier molecular flexibility index (Phi) is 3.02. The van der Waals surface area contributed by atoms with Crippen LogP contribution < -0.4 is 4.74 Å². The van der Waals surface area contributed by atoms with Crippen LogP contribution in [0.3, 0.4) is 0 Å². The molecule has 104 valence electrons. The first-order valence-electron chi connectivity index (χ1n) is 6.71. The minimum absolute atomic E-state index is 0.218. The number of benzene rings is 2. The van der Waals surface area contributed by atoms with Gasteiger partial charge in [-0.3, -0.25) is 0 Å². The largest absolute Gasteiger partial charge is 0.487 e. The molecule has 2 aromatic rings. The molecule has 0 aromatic heterocycles. The zero-order valence-corrected chi connectivity index (χ0v) is 11.6. The molecular formula is C17H17FO2. The van der Waals surface area contributed by atoms with Gasteiger partial charge in [0.2, 0.25) is 0 Å². The van der Waals surface area contributed by atoms with Crippen molar-refractivity contribution in [1.82, 2.24) is 0 Å². The van der Waals surface area contributed by atoms with E-state index < -0.39 is 11.9 Å². The highest BCUT2D eigenvalue weighted by atomic mass is 19.1. The van der Waals surface area contributed by atoms with Gasteiger partial charge in [0.15, 0.2) is 0 Å². The van der Waals surface area contributed by atoms with Crippen molar-refractivity contribution >= 4 is 0 Å². The topological polar surface area (TPSA) is 29.5 Å². The van der Waals surface area contributed by atoms with Crippen LogP contribution in [-0.4, -0.2) is 10.7 Å². The van der Waals surface area contributed by atoms with Gasteiger partial charge in [0, 0.05) is 12.0 Å². The van der Waals surface area contributed by atoms with Gasteiger partial charge in [-0.15, -0.1) is 0 Å². The molecule has 1 atom stereocenters. The van der Waals surface area contributed by atoms with E-state index in [1.165, 1.54) is 6.07 Å². The van der Waals surface area contributed by atoms with Gasteiger partial charge in [0.1, 0.15) is 23.3 Å². The molecule has 0 amide bonds. The predicted molar refractivity (Wildman–Crippen MR) is 75.3 cm³/mol. The van der Waals surface area contributed by atoms with Crippen LogP contribution in [0.1, 0.15) is 36.6 Å². The Labute approximate surface area is 117 Å². The molecule has 0 bridgehead atoms. The molecule has 1 aliphatic rings. The Morgan fingerprint density at radius 1 is 1.20 bits per heavy atom. The molecule has 3 heteroatoms. The summed E-state index contributed by atoms with van der Waals surface area (Å²) in [6.45, 7) is 4.06. The summed E-state index contributed by atoms with van der Waals surface area (Å²) in [4.78, 5) is 0. The maximum Gasteiger partial charge on any atom is 0.129 e. The van der Waals surface area contributed by atoms with Crippen LogP contribution in [0.5, 0.6) is 5.75 Å². The number of rotatable bonds is 2. The molecule has 3 rings (SSSR count). The van der Waals surface area contributed by atoms with Crippen molar-refractivity contribution in [3.05, 3.63) is 65.0 Å². The van der Waals surface area contributed by atoms with Gasteiger partial charge in [0.25, 0.3) is 0 Å². The summed E-state index contributed by atoms with van der Waals surface area (Å²) < 4.78 is 19.5. The zero-order chi connectivity index (χ0) is 14.3. The fourth-order valence-electron chi connectivity index (χ4n) is 2.68. The fourth-order valence-corrected chi connectivity index (χ4v) is 2.68. The second-order valence-electron chi connectivity index (χ2n) is 5.83. The van der Waals surface area contributed by atoms with Gasteiger partial charge in [-0.05, 0) is 43.2 Å². The summed E-state index contributed by atoms with van der Waals surface area (Å²) in [5.41, 5.74) is 1.83.